The van der Waals surface area contributed by atoms with Crippen LogP contribution in [0.5, 0.6) is 0 Å². The summed E-state index contributed by atoms with van der Waals surface area (Å²) in [6.45, 7) is 2.70. The van der Waals surface area contributed by atoms with E-state index in [0.29, 0.717) is 18.0 Å². The number of carbonyl (C=O) groups excluding carboxylic acids is 2. The third-order valence-electron chi connectivity index (χ3n) is 4.83. The Bertz CT molecular complexity index is 556. The maximum Gasteiger partial charge on any atom is 0.261 e. The predicted octanol–water partition coefficient (Wildman–Crippen LogP) is 2.76. The molecule has 1 unspecified atom stereocenters. The first-order valence-electron chi connectivity index (χ1n) is 7.33. The second kappa shape index (κ2) is 5.26. The van der Waals surface area contributed by atoms with Gasteiger partial charge in [-0.3, -0.25) is 4.79 Å². The molecule has 1 aliphatic carbocycles. The lowest BCUT2D eigenvalue weighted by molar-refractivity contribution is -0.126. The molecule has 2 fully saturated rings. The molecule has 1 heterocycles. The van der Waals surface area contributed by atoms with E-state index in [0.717, 1.165) is 18.4 Å². The van der Waals surface area contributed by atoms with Crippen LogP contribution in [-0.2, 0) is 9.59 Å². The van der Waals surface area contributed by atoms with Crippen LogP contribution in [0.2, 0.25) is 0 Å². The van der Waals surface area contributed by atoms with E-state index in [1.54, 1.807) is 0 Å². The van der Waals surface area contributed by atoms with Crippen LogP contribution in [0.25, 0.3) is 0 Å². The van der Waals surface area contributed by atoms with Gasteiger partial charge in [0.15, 0.2) is 0 Å². The summed E-state index contributed by atoms with van der Waals surface area (Å²) in [7, 11) is 0. The molecular weight excluding hydrogens is 250 g/mol. The van der Waals surface area contributed by atoms with Gasteiger partial charge in [0.25, 0.3) is 5.91 Å². The molecule has 0 spiro atoms. The molecule has 0 N–H and O–H groups in total. The molecule has 1 aromatic carbocycles. The molecule has 1 saturated heterocycles. The van der Waals surface area contributed by atoms with Gasteiger partial charge in [0.1, 0.15) is 11.5 Å². The van der Waals surface area contributed by atoms with Crippen molar-refractivity contribution in [1.82, 2.24) is 4.90 Å². The topological polar surface area (TPSA) is 37.4 Å². The predicted molar refractivity (Wildman–Crippen MR) is 76.6 cm³/mol. The summed E-state index contributed by atoms with van der Waals surface area (Å²) in [6, 6.07) is 9.99. The van der Waals surface area contributed by atoms with Gasteiger partial charge in [-0.15, -0.1) is 0 Å². The standard InChI is InChI=1S/C17H19NO2/c1-12(13-6-3-2-4-7-13)18-10-15(14-8-5-9-14)16(11-19)17(18)20/h2-4,6-7,12,14-15H,5,8-10H2,1H3/t12?,15-/m1/s1. The summed E-state index contributed by atoms with van der Waals surface area (Å²) in [6.07, 6.45) is 3.49. The van der Waals surface area contributed by atoms with Gasteiger partial charge in [0.2, 0.25) is 0 Å². The van der Waals surface area contributed by atoms with Crippen LogP contribution in [0, 0.1) is 11.8 Å². The maximum absolute atomic E-state index is 12.4. The highest BCUT2D eigenvalue weighted by Gasteiger charge is 2.44. The molecule has 3 rings (SSSR count). The zero-order valence-corrected chi connectivity index (χ0v) is 11.7. The van der Waals surface area contributed by atoms with Gasteiger partial charge in [-0.1, -0.05) is 36.8 Å². The largest absolute Gasteiger partial charge is 0.331 e. The van der Waals surface area contributed by atoms with Crippen molar-refractivity contribution in [2.24, 2.45) is 11.8 Å². The minimum atomic E-state index is -0.117. The Morgan fingerprint density at radius 1 is 1.25 bits per heavy atom. The monoisotopic (exact) mass is 269 g/mol. The summed E-state index contributed by atoms with van der Waals surface area (Å²) in [5.74, 6) is 2.41. The number of amides is 1. The van der Waals surface area contributed by atoms with Gasteiger partial charge in [-0.05, 0) is 31.2 Å². The Kier molecular flexibility index (Phi) is 3.45. The van der Waals surface area contributed by atoms with Gasteiger partial charge in [-0.2, -0.15) is 0 Å². The Labute approximate surface area is 119 Å². The number of hydrogen-bond donors (Lipinski definition) is 0. The van der Waals surface area contributed by atoms with E-state index in [9.17, 15) is 9.59 Å². The summed E-state index contributed by atoms with van der Waals surface area (Å²) >= 11 is 0. The second-order valence-corrected chi connectivity index (χ2v) is 5.86. The highest BCUT2D eigenvalue weighted by molar-refractivity contribution is 6.03. The Morgan fingerprint density at radius 2 is 1.95 bits per heavy atom. The third-order valence-corrected chi connectivity index (χ3v) is 4.83. The summed E-state index contributed by atoms with van der Waals surface area (Å²) in [4.78, 5) is 25.4. The molecular formula is C17H19NO2. The summed E-state index contributed by atoms with van der Waals surface area (Å²) in [5, 5.41) is 0. The average Bonchev–Trinajstić information content (AvgIpc) is 2.74. The Hall–Kier alpha value is -1.86. The molecule has 2 aliphatic rings. The highest BCUT2D eigenvalue weighted by Crippen LogP contribution is 2.42. The second-order valence-electron chi connectivity index (χ2n) is 5.86. The molecule has 0 aromatic heterocycles. The van der Waals surface area contributed by atoms with Crippen LogP contribution < -0.4 is 0 Å². The molecule has 0 radical (unpaired) electrons. The Morgan fingerprint density at radius 3 is 2.50 bits per heavy atom. The fourth-order valence-corrected chi connectivity index (χ4v) is 3.29. The number of likely N-dealkylation sites (tertiary alicyclic amines) is 1. The maximum atomic E-state index is 12.4. The minimum absolute atomic E-state index is 0.0112. The first-order valence-corrected chi connectivity index (χ1v) is 7.33. The van der Waals surface area contributed by atoms with E-state index in [1.807, 2.05) is 48.1 Å². The van der Waals surface area contributed by atoms with Crippen molar-refractivity contribution < 1.29 is 9.59 Å². The quantitative estimate of drug-likeness (QED) is 0.625. The van der Waals surface area contributed by atoms with Crippen molar-refractivity contribution in [2.45, 2.75) is 32.2 Å². The van der Waals surface area contributed by atoms with Crippen molar-refractivity contribution in [3.05, 3.63) is 41.5 Å². The van der Waals surface area contributed by atoms with Gasteiger partial charge in [0, 0.05) is 12.5 Å². The average molecular weight is 269 g/mol. The smallest absolute Gasteiger partial charge is 0.261 e. The number of hydrogen-bond acceptors (Lipinski definition) is 2. The van der Waals surface area contributed by atoms with Crippen LogP contribution >= 0.6 is 0 Å². The van der Waals surface area contributed by atoms with Crippen molar-refractivity contribution in [1.29, 1.82) is 0 Å². The SMILES string of the molecule is CC(c1ccccc1)N1C[C@H](C2CCC2)C(=C=O)C1=O. The molecule has 20 heavy (non-hydrogen) atoms. The van der Waals surface area contributed by atoms with Crippen LogP contribution in [0.15, 0.2) is 35.9 Å². The fraction of sp³-hybridized carbons (Fsp3) is 0.471. The fourth-order valence-electron chi connectivity index (χ4n) is 3.29. The molecule has 1 aliphatic heterocycles. The van der Waals surface area contributed by atoms with Gasteiger partial charge < -0.3 is 4.90 Å². The molecule has 1 saturated carbocycles. The lowest BCUT2D eigenvalue weighted by atomic mass is 9.74. The van der Waals surface area contributed by atoms with Crippen molar-refractivity contribution >= 4 is 11.8 Å². The number of benzene rings is 1. The lowest BCUT2D eigenvalue weighted by Gasteiger charge is -2.31. The minimum Gasteiger partial charge on any atom is -0.331 e. The van der Waals surface area contributed by atoms with Gasteiger partial charge in [-0.25, -0.2) is 4.79 Å². The molecule has 0 bridgehead atoms. The molecule has 3 heteroatoms. The van der Waals surface area contributed by atoms with Gasteiger partial charge >= 0.3 is 0 Å². The first-order chi connectivity index (χ1) is 9.72. The zero-order valence-electron chi connectivity index (χ0n) is 11.7. The van der Waals surface area contributed by atoms with Crippen LogP contribution in [-0.4, -0.2) is 23.3 Å². The van der Waals surface area contributed by atoms with Gasteiger partial charge in [0.05, 0.1) is 6.04 Å². The summed E-state index contributed by atoms with van der Waals surface area (Å²) < 4.78 is 0. The number of rotatable bonds is 3. The highest BCUT2D eigenvalue weighted by atomic mass is 16.2. The third kappa shape index (κ3) is 2.08. The zero-order chi connectivity index (χ0) is 14.1. The van der Waals surface area contributed by atoms with E-state index >= 15 is 0 Å². The molecule has 3 nitrogen and oxygen atoms in total. The number of carbonyl (C=O) groups is 1. The molecule has 2 atom stereocenters. The molecule has 104 valence electrons. The van der Waals surface area contributed by atoms with Crippen LogP contribution in [0.3, 0.4) is 0 Å². The van der Waals surface area contributed by atoms with Crippen LogP contribution in [0.4, 0.5) is 0 Å². The number of nitrogens with zero attached hydrogens (tertiary/aromatic N) is 1. The summed E-state index contributed by atoms with van der Waals surface area (Å²) in [5.41, 5.74) is 1.48. The van der Waals surface area contributed by atoms with E-state index in [4.69, 9.17) is 0 Å². The first kappa shape index (κ1) is 13.1. The van der Waals surface area contributed by atoms with E-state index < -0.39 is 0 Å². The van der Waals surface area contributed by atoms with E-state index in [1.165, 1.54) is 6.42 Å². The van der Waals surface area contributed by atoms with Crippen molar-refractivity contribution in [2.75, 3.05) is 6.54 Å². The van der Waals surface area contributed by atoms with Crippen molar-refractivity contribution in [3.8, 4) is 0 Å². The normalized spacial score (nSPS) is 24.4. The van der Waals surface area contributed by atoms with E-state index in [-0.39, 0.29) is 17.9 Å². The molecule has 1 amide bonds. The van der Waals surface area contributed by atoms with Crippen molar-refractivity contribution in [3.63, 3.8) is 0 Å². The molecule has 1 aromatic rings. The van der Waals surface area contributed by atoms with E-state index in [2.05, 4.69) is 0 Å². The Balaban J connectivity index is 1.84. The van der Waals surface area contributed by atoms with Crippen LogP contribution in [0.1, 0.15) is 37.8 Å². The lowest BCUT2D eigenvalue weighted by Crippen LogP contribution is -2.30.